The van der Waals surface area contributed by atoms with Crippen molar-refractivity contribution in [2.45, 2.75) is 26.3 Å². The topological polar surface area (TPSA) is 79.2 Å². The summed E-state index contributed by atoms with van der Waals surface area (Å²) in [7, 11) is 0. The van der Waals surface area contributed by atoms with E-state index in [-0.39, 0.29) is 23.6 Å². The van der Waals surface area contributed by atoms with Crippen LogP contribution in [-0.4, -0.2) is 27.3 Å². The summed E-state index contributed by atoms with van der Waals surface area (Å²) >= 11 is 0. The number of nitro benzene ring substituents is 1. The number of nitro groups is 1. The molecule has 1 amide bonds. The van der Waals surface area contributed by atoms with Crippen LogP contribution in [0.2, 0.25) is 0 Å². The third kappa shape index (κ3) is 2.87. The molecule has 4 rings (SSSR count). The van der Waals surface area contributed by atoms with Crippen molar-refractivity contribution in [2.75, 3.05) is 6.54 Å². The number of carbonyl (C=O) groups is 1. The number of para-hydroxylation sites is 1. The first-order valence-corrected chi connectivity index (χ1v) is 9.12. The fraction of sp³-hybridized carbons (Fsp3) is 0.286. The number of nitrogens with one attached hydrogen (secondary N) is 1. The lowest BCUT2D eigenvalue weighted by molar-refractivity contribution is -0.384. The van der Waals surface area contributed by atoms with Gasteiger partial charge < -0.3 is 9.88 Å². The first-order chi connectivity index (χ1) is 13.0. The van der Waals surface area contributed by atoms with E-state index in [2.05, 4.69) is 31.0 Å². The van der Waals surface area contributed by atoms with Gasteiger partial charge in [-0.3, -0.25) is 14.9 Å². The number of carbonyl (C=O) groups excluding carboxylic acids is 1. The summed E-state index contributed by atoms with van der Waals surface area (Å²) in [6.07, 6.45) is 0.767. The normalized spacial score (nSPS) is 16.6. The standard InChI is InChI=1S/C21H21N3O3/c1-13(2)20-19-17(16-8-3-4-9-18(16)22-19)10-11-23(20)21(25)14-6-5-7-15(12-14)24(26)27/h3-9,12-13,20,22H,10-11H2,1-2H3/t20-/m0/s1. The Bertz CT molecular complexity index is 1040. The fourth-order valence-electron chi connectivity index (χ4n) is 4.11. The summed E-state index contributed by atoms with van der Waals surface area (Å²) in [5.41, 5.74) is 3.72. The minimum atomic E-state index is -0.470. The van der Waals surface area contributed by atoms with E-state index in [4.69, 9.17) is 0 Å². The number of aromatic nitrogens is 1. The van der Waals surface area contributed by atoms with Gasteiger partial charge in [-0.05, 0) is 30.0 Å². The molecule has 0 spiro atoms. The van der Waals surface area contributed by atoms with Crippen molar-refractivity contribution in [1.82, 2.24) is 9.88 Å². The molecule has 0 unspecified atom stereocenters. The number of rotatable bonds is 3. The number of non-ortho nitro benzene ring substituents is 1. The van der Waals surface area contributed by atoms with Gasteiger partial charge >= 0.3 is 0 Å². The van der Waals surface area contributed by atoms with Crippen LogP contribution < -0.4 is 0 Å². The highest BCUT2D eigenvalue weighted by atomic mass is 16.6. The second-order valence-electron chi connectivity index (χ2n) is 7.31. The molecule has 1 aliphatic rings. The highest BCUT2D eigenvalue weighted by molar-refractivity contribution is 5.96. The molecule has 2 heterocycles. The lowest BCUT2D eigenvalue weighted by Gasteiger charge is -2.38. The second-order valence-corrected chi connectivity index (χ2v) is 7.31. The Hall–Kier alpha value is -3.15. The Morgan fingerprint density at radius 1 is 1.22 bits per heavy atom. The van der Waals surface area contributed by atoms with Gasteiger partial charge in [0.05, 0.1) is 11.0 Å². The van der Waals surface area contributed by atoms with Gasteiger partial charge in [0.1, 0.15) is 0 Å². The van der Waals surface area contributed by atoms with Gasteiger partial charge in [-0.25, -0.2) is 0 Å². The van der Waals surface area contributed by atoms with Crippen molar-refractivity contribution < 1.29 is 9.72 Å². The first kappa shape index (κ1) is 17.3. The van der Waals surface area contributed by atoms with Crippen LogP contribution in [0.5, 0.6) is 0 Å². The molecule has 0 radical (unpaired) electrons. The van der Waals surface area contributed by atoms with E-state index in [0.717, 1.165) is 17.6 Å². The van der Waals surface area contributed by atoms with E-state index >= 15 is 0 Å². The van der Waals surface area contributed by atoms with Crippen molar-refractivity contribution in [1.29, 1.82) is 0 Å². The summed E-state index contributed by atoms with van der Waals surface area (Å²) in [6.45, 7) is 4.79. The summed E-state index contributed by atoms with van der Waals surface area (Å²) in [5, 5.41) is 12.3. The van der Waals surface area contributed by atoms with E-state index < -0.39 is 4.92 Å². The summed E-state index contributed by atoms with van der Waals surface area (Å²) < 4.78 is 0. The molecule has 2 aromatic carbocycles. The van der Waals surface area contributed by atoms with E-state index in [0.29, 0.717) is 12.1 Å². The van der Waals surface area contributed by atoms with Crippen molar-refractivity contribution in [3.05, 3.63) is 75.5 Å². The predicted octanol–water partition coefficient (Wildman–Crippen LogP) is 4.47. The minimum absolute atomic E-state index is 0.0646. The molecule has 1 aromatic heterocycles. The molecule has 138 valence electrons. The maximum atomic E-state index is 13.2. The number of fused-ring (bicyclic) bond motifs is 3. The van der Waals surface area contributed by atoms with Gasteiger partial charge in [0.25, 0.3) is 11.6 Å². The Labute approximate surface area is 157 Å². The molecule has 0 aliphatic carbocycles. The molecule has 1 aliphatic heterocycles. The van der Waals surface area contributed by atoms with Crippen molar-refractivity contribution in [3.63, 3.8) is 0 Å². The smallest absolute Gasteiger partial charge is 0.270 e. The summed E-state index contributed by atoms with van der Waals surface area (Å²) in [6, 6.07) is 14.1. The van der Waals surface area contributed by atoms with E-state index in [1.54, 1.807) is 12.1 Å². The lowest BCUT2D eigenvalue weighted by Crippen LogP contribution is -2.42. The average Bonchev–Trinajstić information content (AvgIpc) is 3.05. The van der Waals surface area contributed by atoms with E-state index in [9.17, 15) is 14.9 Å². The number of amides is 1. The molecule has 0 bridgehead atoms. The molecule has 27 heavy (non-hydrogen) atoms. The van der Waals surface area contributed by atoms with Gasteiger partial charge in [-0.15, -0.1) is 0 Å². The van der Waals surface area contributed by atoms with Crippen molar-refractivity contribution >= 4 is 22.5 Å². The van der Waals surface area contributed by atoms with Crippen LogP contribution >= 0.6 is 0 Å². The Balaban J connectivity index is 1.76. The van der Waals surface area contributed by atoms with Crippen LogP contribution in [0.25, 0.3) is 10.9 Å². The third-order valence-electron chi connectivity index (χ3n) is 5.28. The Morgan fingerprint density at radius 3 is 2.74 bits per heavy atom. The zero-order valence-electron chi connectivity index (χ0n) is 15.3. The van der Waals surface area contributed by atoms with Gasteiger partial charge in [0.2, 0.25) is 0 Å². The number of nitrogens with zero attached hydrogens (tertiary/aromatic N) is 2. The molecule has 0 saturated heterocycles. The average molecular weight is 363 g/mol. The van der Waals surface area contributed by atoms with Crippen LogP contribution in [0.4, 0.5) is 5.69 Å². The number of hydrogen-bond acceptors (Lipinski definition) is 3. The predicted molar refractivity (Wildman–Crippen MR) is 104 cm³/mol. The molecule has 3 aromatic rings. The molecule has 1 atom stereocenters. The minimum Gasteiger partial charge on any atom is -0.356 e. The highest BCUT2D eigenvalue weighted by Gasteiger charge is 2.35. The van der Waals surface area contributed by atoms with Crippen LogP contribution in [0, 0.1) is 16.0 Å². The van der Waals surface area contributed by atoms with Crippen LogP contribution in [0.3, 0.4) is 0 Å². The van der Waals surface area contributed by atoms with Crippen LogP contribution in [-0.2, 0) is 6.42 Å². The van der Waals surface area contributed by atoms with Crippen LogP contribution in [0.15, 0.2) is 48.5 Å². The lowest BCUT2D eigenvalue weighted by atomic mass is 9.89. The maximum absolute atomic E-state index is 13.2. The largest absolute Gasteiger partial charge is 0.356 e. The first-order valence-electron chi connectivity index (χ1n) is 9.12. The molecule has 1 N–H and O–H groups in total. The molecule has 6 nitrogen and oxygen atoms in total. The Kier molecular flexibility index (Phi) is 4.18. The molecule has 6 heteroatoms. The third-order valence-corrected chi connectivity index (χ3v) is 5.28. The highest BCUT2D eigenvalue weighted by Crippen LogP contribution is 2.39. The van der Waals surface area contributed by atoms with Gasteiger partial charge in [-0.1, -0.05) is 38.1 Å². The SMILES string of the molecule is CC(C)[C@H]1c2[nH]c3ccccc3c2CCN1C(=O)c1cccc([N+](=O)[O-])c1. The molecular weight excluding hydrogens is 342 g/mol. The van der Waals surface area contributed by atoms with Crippen LogP contribution in [0.1, 0.15) is 41.5 Å². The van der Waals surface area contributed by atoms with Gasteiger partial charge in [0.15, 0.2) is 0 Å². The summed E-state index contributed by atoms with van der Waals surface area (Å²) in [4.78, 5) is 29.2. The maximum Gasteiger partial charge on any atom is 0.270 e. The summed E-state index contributed by atoms with van der Waals surface area (Å²) in [5.74, 6) is 0.0430. The van der Waals surface area contributed by atoms with E-state index in [1.165, 1.54) is 23.1 Å². The quantitative estimate of drug-likeness (QED) is 0.551. The number of H-pyrrole nitrogens is 1. The number of hydrogen-bond donors (Lipinski definition) is 1. The molecular formula is C21H21N3O3. The van der Waals surface area contributed by atoms with Crippen molar-refractivity contribution in [3.8, 4) is 0 Å². The zero-order valence-corrected chi connectivity index (χ0v) is 15.3. The fourth-order valence-corrected chi connectivity index (χ4v) is 4.11. The van der Waals surface area contributed by atoms with E-state index in [1.807, 2.05) is 17.0 Å². The number of aromatic amines is 1. The Morgan fingerprint density at radius 2 is 2.00 bits per heavy atom. The van der Waals surface area contributed by atoms with Gasteiger partial charge in [-0.2, -0.15) is 0 Å². The molecule has 0 fully saturated rings. The zero-order chi connectivity index (χ0) is 19.1. The monoisotopic (exact) mass is 363 g/mol. The molecule has 0 saturated carbocycles. The van der Waals surface area contributed by atoms with Crippen molar-refractivity contribution in [2.24, 2.45) is 5.92 Å². The van der Waals surface area contributed by atoms with Gasteiger partial charge in [0, 0.05) is 40.8 Å². The number of benzene rings is 2. The second kappa shape index (κ2) is 6.54.